The first-order valence-corrected chi connectivity index (χ1v) is 6.57. The predicted molar refractivity (Wildman–Crippen MR) is 74.7 cm³/mol. The van der Waals surface area contributed by atoms with Crippen molar-refractivity contribution in [3.63, 3.8) is 0 Å². The van der Waals surface area contributed by atoms with Crippen molar-refractivity contribution >= 4 is 12.3 Å². The molecule has 0 saturated carbocycles. The Bertz CT molecular complexity index is 598. The van der Waals surface area contributed by atoms with Crippen molar-refractivity contribution in [2.45, 2.75) is 19.8 Å². The summed E-state index contributed by atoms with van der Waals surface area (Å²) in [4.78, 5) is 22.7. The number of unbranched alkanes of at least 4 members (excludes halogenated alkanes) is 1. The number of furan rings is 1. The average molecular weight is 272 g/mol. The topological polar surface area (TPSA) is 56.5 Å². The summed E-state index contributed by atoms with van der Waals surface area (Å²) < 4.78 is 10.6. The van der Waals surface area contributed by atoms with Gasteiger partial charge >= 0.3 is 5.97 Å². The molecule has 0 bridgehead atoms. The molecule has 4 nitrogen and oxygen atoms in total. The summed E-state index contributed by atoms with van der Waals surface area (Å²) in [6, 6.07) is 10.3. The molecule has 0 aliphatic rings. The van der Waals surface area contributed by atoms with E-state index in [1.165, 1.54) is 0 Å². The third-order valence-electron chi connectivity index (χ3n) is 2.89. The van der Waals surface area contributed by atoms with Crippen molar-refractivity contribution in [3.8, 4) is 11.3 Å². The normalized spacial score (nSPS) is 10.2. The zero-order chi connectivity index (χ0) is 14.4. The molecule has 1 aromatic carbocycles. The molecule has 2 aromatic rings. The summed E-state index contributed by atoms with van der Waals surface area (Å²) in [5, 5.41) is 0. The first-order chi connectivity index (χ1) is 9.76. The monoisotopic (exact) mass is 272 g/mol. The van der Waals surface area contributed by atoms with E-state index in [1.54, 1.807) is 36.4 Å². The van der Waals surface area contributed by atoms with Crippen LogP contribution in [0.4, 0.5) is 0 Å². The van der Waals surface area contributed by atoms with E-state index in [-0.39, 0.29) is 11.7 Å². The second kappa shape index (κ2) is 6.70. The van der Waals surface area contributed by atoms with Crippen LogP contribution < -0.4 is 0 Å². The molecule has 0 aliphatic carbocycles. The molecular weight excluding hydrogens is 256 g/mol. The summed E-state index contributed by atoms with van der Waals surface area (Å²) >= 11 is 0. The van der Waals surface area contributed by atoms with E-state index in [0.717, 1.165) is 12.8 Å². The van der Waals surface area contributed by atoms with Gasteiger partial charge < -0.3 is 9.15 Å². The first-order valence-electron chi connectivity index (χ1n) is 6.57. The highest BCUT2D eigenvalue weighted by Crippen LogP contribution is 2.26. The van der Waals surface area contributed by atoms with Crippen molar-refractivity contribution in [1.82, 2.24) is 0 Å². The van der Waals surface area contributed by atoms with Gasteiger partial charge in [-0.1, -0.05) is 31.5 Å². The van der Waals surface area contributed by atoms with Crippen LogP contribution in [0.1, 0.15) is 40.7 Å². The maximum absolute atomic E-state index is 12.1. The highest BCUT2D eigenvalue weighted by Gasteiger charge is 2.15. The lowest BCUT2D eigenvalue weighted by atomic mass is 10.1. The molecule has 0 N–H and O–H groups in total. The van der Waals surface area contributed by atoms with Gasteiger partial charge in [-0.3, -0.25) is 4.79 Å². The second-order valence-electron chi connectivity index (χ2n) is 4.35. The van der Waals surface area contributed by atoms with Gasteiger partial charge in [-0.25, -0.2) is 4.79 Å². The Hall–Kier alpha value is -2.36. The van der Waals surface area contributed by atoms with Crippen LogP contribution in [0.2, 0.25) is 0 Å². The van der Waals surface area contributed by atoms with E-state index in [0.29, 0.717) is 29.8 Å². The average Bonchev–Trinajstić information content (AvgIpc) is 2.96. The van der Waals surface area contributed by atoms with E-state index in [4.69, 9.17) is 9.15 Å². The lowest BCUT2D eigenvalue weighted by molar-refractivity contribution is 0.0500. The van der Waals surface area contributed by atoms with Gasteiger partial charge in [0.2, 0.25) is 0 Å². The summed E-state index contributed by atoms with van der Waals surface area (Å²) in [5.41, 5.74) is 1.07. The molecule has 0 radical (unpaired) electrons. The zero-order valence-electron chi connectivity index (χ0n) is 11.3. The minimum atomic E-state index is -0.377. The van der Waals surface area contributed by atoms with E-state index in [1.807, 2.05) is 6.92 Å². The lowest BCUT2D eigenvalue weighted by Gasteiger charge is -2.07. The van der Waals surface area contributed by atoms with Crippen molar-refractivity contribution in [1.29, 1.82) is 0 Å². The number of hydrogen-bond acceptors (Lipinski definition) is 4. The quantitative estimate of drug-likeness (QED) is 0.457. The first kappa shape index (κ1) is 14.1. The number of aldehydes is 1. The summed E-state index contributed by atoms with van der Waals surface area (Å²) in [6.07, 6.45) is 2.44. The molecule has 0 fully saturated rings. The Labute approximate surface area is 117 Å². The van der Waals surface area contributed by atoms with Gasteiger partial charge in [0.15, 0.2) is 12.0 Å². The van der Waals surface area contributed by atoms with Gasteiger partial charge in [-0.05, 0) is 24.6 Å². The van der Waals surface area contributed by atoms with Crippen LogP contribution in [0.15, 0.2) is 40.8 Å². The van der Waals surface area contributed by atoms with E-state index in [9.17, 15) is 9.59 Å². The summed E-state index contributed by atoms with van der Waals surface area (Å²) in [7, 11) is 0. The molecule has 0 unspecified atom stereocenters. The zero-order valence-corrected chi connectivity index (χ0v) is 11.3. The number of carbonyl (C=O) groups excluding carboxylic acids is 2. The number of rotatable bonds is 6. The Morgan fingerprint density at radius 2 is 2.05 bits per heavy atom. The van der Waals surface area contributed by atoms with Crippen molar-refractivity contribution in [2.24, 2.45) is 0 Å². The summed E-state index contributed by atoms with van der Waals surface area (Å²) in [6.45, 7) is 2.44. The lowest BCUT2D eigenvalue weighted by Crippen LogP contribution is -2.07. The molecule has 20 heavy (non-hydrogen) atoms. The van der Waals surface area contributed by atoms with Crippen molar-refractivity contribution in [2.75, 3.05) is 6.61 Å². The summed E-state index contributed by atoms with van der Waals surface area (Å²) in [5.74, 6) is 0.336. The number of benzene rings is 1. The Morgan fingerprint density at radius 1 is 1.25 bits per heavy atom. The van der Waals surface area contributed by atoms with Crippen LogP contribution >= 0.6 is 0 Å². The molecule has 0 amide bonds. The minimum Gasteiger partial charge on any atom is -0.462 e. The predicted octanol–water partition coefficient (Wildman–Crippen LogP) is 3.72. The number of esters is 1. The standard InChI is InChI=1S/C16H16O4/c1-2-3-10-19-16(18)14-7-5-4-6-13(14)15-9-8-12(11-17)20-15/h4-9,11H,2-3,10H2,1H3. The van der Waals surface area contributed by atoms with Gasteiger partial charge in [0, 0.05) is 5.56 Å². The molecule has 4 heteroatoms. The fourth-order valence-corrected chi connectivity index (χ4v) is 1.82. The SMILES string of the molecule is CCCCOC(=O)c1ccccc1-c1ccc(C=O)o1. The van der Waals surface area contributed by atoms with Crippen LogP contribution in [-0.4, -0.2) is 18.9 Å². The van der Waals surface area contributed by atoms with E-state index >= 15 is 0 Å². The number of carbonyl (C=O) groups is 2. The third kappa shape index (κ3) is 3.15. The fraction of sp³-hybridized carbons (Fsp3) is 0.250. The number of ether oxygens (including phenoxy) is 1. The molecule has 2 rings (SSSR count). The fourth-order valence-electron chi connectivity index (χ4n) is 1.82. The smallest absolute Gasteiger partial charge is 0.338 e. The maximum Gasteiger partial charge on any atom is 0.338 e. The second-order valence-corrected chi connectivity index (χ2v) is 4.35. The van der Waals surface area contributed by atoms with Gasteiger partial charge in [0.1, 0.15) is 5.76 Å². The molecule has 0 saturated heterocycles. The van der Waals surface area contributed by atoms with Gasteiger partial charge in [0.25, 0.3) is 0 Å². The van der Waals surface area contributed by atoms with Crippen molar-refractivity contribution < 1.29 is 18.7 Å². The van der Waals surface area contributed by atoms with Gasteiger partial charge in [0.05, 0.1) is 12.2 Å². The molecule has 1 aromatic heterocycles. The Morgan fingerprint density at radius 3 is 2.75 bits per heavy atom. The van der Waals surface area contributed by atoms with Crippen LogP contribution in [-0.2, 0) is 4.74 Å². The van der Waals surface area contributed by atoms with Crippen LogP contribution in [0.5, 0.6) is 0 Å². The Balaban J connectivity index is 2.25. The third-order valence-corrected chi connectivity index (χ3v) is 2.89. The van der Waals surface area contributed by atoms with Gasteiger partial charge in [-0.15, -0.1) is 0 Å². The highest BCUT2D eigenvalue weighted by atomic mass is 16.5. The minimum absolute atomic E-state index is 0.231. The van der Waals surface area contributed by atoms with Gasteiger partial charge in [-0.2, -0.15) is 0 Å². The van der Waals surface area contributed by atoms with E-state index < -0.39 is 0 Å². The molecule has 1 heterocycles. The maximum atomic E-state index is 12.1. The van der Waals surface area contributed by atoms with Crippen molar-refractivity contribution in [3.05, 3.63) is 47.7 Å². The van der Waals surface area contributed by atoms with Crippen LogP contribution in [0, 0.1) is 0 Å². The number of hydrogen-bond donors (Lipinski definition) is 0. The molecule has 0 atom stereocenters. The van der Waals surface area contributed by atoms with E-state index in [2.05, 4.69) is 0 Å². The van der Waals surface area contributed by atoms with Crippen LogP contribution in [0.3, 0.4) is 0 Å². The van der Waals surface area contributed by atoms with Crippen LogP contribution in [0.25, 0.3) is 11.3 Å². The molecule has 104 valence electrons. The largest absolute Gasteiger partial charge is 0.462 e. The highest BCUT2D eigenvalue weighted by molar-refractivity contribution is 5.96. The molecule has 0 spiro atoms. The molecular formula is C16H16O4. The Kier molecular flexibility index (Phi) is 4.71. The molecule has 0 aliphatic heterocycles.